The van der Waals surface area contributed by atoms with Gasteiger partial charge in [-0.05, 0) is 37.3 Å². The number of rotatable bonds is 5. The maximum absolute atomic E-state index is 12.7. The number of hydrogen-bond donors (Lipinski definition) is 1. The number of fused-ring (bicyclic) bond motifs is 1. The lowest BCUT2D eigenvalue weighted by Gasteiger charge is -2.33. The van der Waals surface area contributed by atoms with Crippen LogP contribution >= 0.6 is 0 Å². The second-order valence-electron chi connectivity index (χ2n) is 6.16. The molecule has 1 amide bonds. The SMILES string of the molecule is CCOC(=O)c1cccc(NC(=O)[C@@H]2CN(S(C)(=O)=O)c3ccccc3O2)c1. The van der Waals surface area contributed by atoms with Crippen molar-refractivity contribution in [3.8, 4) is 5.75 Å². The van der Waals surface area contributed by atoms with Crippen LogP contribution in [-0.4, -0.2) is 45.8 Å². The summed E-state index contributed by atoms with van der Waals surface area (Å²) in [6.07, 6.45) is 0.0308. The third kappa shape index (κ3) is 4.25. The molecule has 3 rings (SSSR count). The van der Waals surface area contributed by atoms with Gasteiger partial charge >= 0.3 is 5.97 Å². The summed E-state index contributed by atoms with van der Waals surface area (Å²) < 4.78 is 36.1. The minimum absolute atomic E-state index is 0.154. The van der Waals surface area contributed by atoms with E-state index in [0.29, 0.717) is 22.7 Å². The Hall–Kier alpha value is -3.07. The van der Waals surface area contributed by atoms with Gasteiger partial charge in [0, 0.05) is 5.69 Å². The van der Waals surface area contributed by atoms with Gasteiger partial charge in [-0.2, -0.15) is 0 Å². The number of nitrogens with one attached hydrogen (secondary N) is 1. The number of esters is 1. The molecule has 1 N–H and O–H groups in total. The van der Waals surface area contributed by atoms with Gasteiger partial charge in [-0.15, -0.1) is 0 Å². The number of anilines is 2. The van der Waals surface area contributed by atoms with Gasteiger partial charge in [0.2, 0.25) is 10.0 Å². The Labute approximate surface area is 163 Å². The molecule has 0 spiro atoms. The lowest BCUT2D eigenvalue weighted by molar-refractivity contribution is -0.122. The number of ether oxygens (including phenoxy) is 2. The minimum atomic E-state index is -3.59. The molecule has 0 saturated carbocycles. The Morgan fingerprint density at radius 1 is 1.21 bits per heavy atom. The number of carbonyl (C=O) groups excluding carboxylic acids is 2. The van der Waals surface area contributed by atoms with Crippen molar-refractivity contribution in [2.45, 2.75) is 13.0 Å². The summed E-state index contributed by atoms with van der Waals surface area (Å²) in [7, 11) is -3.59. The van der Waals surface area contributed by atoms with Crippen molar-refractivity contribution in [2.24, 2.45) is 0 Å². The largest absolute Gasteiger partial charge is 0.476 e. The molecule has 0 unspecified atom stereocenters. The first-order chi connectivity index (χ1) is 13.3. The number of nitrogens with zero attached hydrogens (tertiary/aromatic N) is 1. The van der Waals surface area contributed by atoms with Gasteiger partial charge in [0.1, 0.15) is 5.75 Å². The quantitative estimate of drug-likeness (QED) is 0.765. The Balaban J connectivity index is 1.80. The zero-order valence-electron chi connectivity index (χ0n) is 15.4. The normalized spacial score (nSPS) is 15.9. The Morgan fingerprint density at radius 3 is 2.68 bits per heavy atom. The molecule has 9 heteroatoms. The lowest BCUT2D eigenvalue weighted by atomic mass is 10.2. The van der Waals surface area contributed by atoms with E-state index in [1.807, 2.05) is 0 Å². The van der Waals surface area contributed by atoms with Crippen LogP contribution in [0, 0.1) is 0 Å². The lowest BCUT2D eigenvalue weighted by Crippen LogP contribution is -2.48. The summed E-state index contributed by atoms with van der Waals surface area (Å²) in [5, 5.41) is 2.66. The average molecular weight is 404 g/mol. The molecule has 0 aromatic heterocycles. The van der Waals surface area contributed by atoms with E-state index in [2.05, 4.69) is 5.32 Å². The van der Waals surface area contributed by atoms with Crippen LogP contribution in [0.5, 0.6) is 5.75 Å². The van der Waals surface area contributed by atoms with Gasteiger partial charge in [-0.25, -0.2) is 13.2 Å². The fourth-order valence-electron chi connectivity index (χ4n) is 2.81. The molecule has 1 heterocycles. The van der Waals surface area contributed by atoms with Crippen molar-refractivity contribution in [2.75, 3.05) is 29.0 Å². The van der Waals surface area contributed by atoms with E-state index in [0.717, 1.165) is 10.6 Å². The van der Waals surface area contributed by atoms with Gasteiger partial charge in [-0.1, -0.05) is 18.2 Å². The van der Waals surface area contributed by atoms with Crippen molar-refractivity contribution >= 4 is 33.3 Å². The van der Waals surface area contributed by atoms with Crippen molar-refractivity contribution in [3.63, 3.8) is 0 Å². The molecule has 8 nitrogen and oxygen atoms in total. The fraction of sp³-hybridized carbons (Fsp3) is 0.263. The third-order valence-corrected chi connectivity index (χ3v) is 5.22. The highest BCUT2D eigenvalue weighted by Gasteiger charge is 2.34. The van der Waals surface area contributed by atoms with Gasteiger partial charge in [-0.3, -0.25) is 9.10 Å². The maximum atomic E-state index is 12.7. The highest BCUT2D eigenvalue weighted by Crippen LogP contribution is 2.34. The molecule has 1 aliphatic rings. The molecule has 0 fully saturated rings. The maximum Gasteiger partial charge on any atom is 0.338 e. The average Bonchev–Trinajstić information content (AvgIpc) is 2.66. The zero-order chi connectivity index (χ0) is 20.3. The fourth-order valence-corrected chi connectivity index (χ4v) is 3.73. The number of hydrogen-bond acceptors (Lipinski definition) is 6. The third-order valence-electron chi connectivity index (χ3n) is 4.07. The van der Waals surface area contributed by atoms with Crippen LogP contribution in [0.4, 0.5) is 11.4 Å². The summed E-state index contributed by atoms with van der Waals surface area (Å²) in [5.74, 6) is -0.714. The van der Waals surface area contributed by atoms with E-state index < -0.39 is 28.0 Å². The molecule has 28 heavy (non-hydrogen) atoms. The van der Waals surface area contributed by atoms with E-state index >= 15 is 0 Å². The predicted octanol–water partition coefficient (Wildman–Crippen LogP) is 2.03. The Kier molecular flexibility index (Phi) is 5.55. The van der Waals surface area contributed by atoms with E-state index in [4.69, 9.17) is 9.47 Å². The van der Waals surface area contributed by atoms with Crippen LogP contribution in [-0.2, 0) is 19.6 Å². The summed E-state index contributed by atoms with van der Waals surface area (Å²) in [6, 6.07) is 12.9. The van der Waals surface area contributed by atoms with Gasteiger partial charge in [0.15, 0.2) is 6.10 Å². The number of benzene rings is 2. The second-order valence-corrected chi connectivity index (χ2v) is 8.07. The first-order valence-electron chi connectivity index (χ1n) is 8.61. The summed E-state index contributed by atoms with van der Waals surface area (Å²) >= 11 is 0. The van der Waals surface area contributed by atoms with Gasteiger partial charge < -0.3 is 14.8 Å². The zero-order valence-corrected chi connectivity index (χ0v) is 16.2. The van der Waals surface area contributed by atoms with Crippen molar-refractivity contribution < 1.29 is 27.5 Å². The van der Waals surface area contributed by atoms with Gasteiger partial charge in [0.25, 0.3) is 5.91 Å². The van der Waals surface area contributed by atoms with Crippen molar-refractivity contribution in [1.82, 2.24) is 0 Å². The van der Waals surface area contributed by atoms with Crippen LogP contribution in [0.25, 0.3) is 0 Å². The molecule has 0 saturated heterocycles. The first kappa shape index (κ1) is 19.7. The Bertz CT molecular complexity index is 1000. The molecule has 0 aliphatic carbocycles. The van der Waals surface area contributed by atoms with Crippen LogP contribution < -0.4 is 14.4 Å². The van der Waals surface area contributed by atoms with Crippen molar-refractivity contribution in [3.05, 3.63) is 54.1 Å². The number of carbonyl (C=O) groups is 2. The molecule has 148 valence electrons. The predicted molar refractivity (Wildman–Crippen MR) is 104 cm³/mol. The molecular weight excluding hydrogens is 384 g/mol. The van der Waals surface area contributed by atoms with Crippen LogP contribution in [0.1, 0.15) is 17.3 Å². The summed E-state index contributed by atoms with van der Waals surface area (Å²) in [4.78, 5) is 24.5. The van der Waals surface area contributed by atoms with Gasteiger partial charge in [0.05, 0.1) is 30.7 Å². The summed E-state index contributed by atoms with van der Waals surface area (Å²) in [5.41, 5.74) is 1.06. The van der Waals surface area contributed by atoms with Crippen LogP contribution in [0.15, 0.2) is 48.5 Å². The molecule has 2 aromatic carbocycles. The Morgan fingerprint density at radius 2 is 1.96 bits per heavy atom. The number of para-hydroxylation sites is 2. The molecule has 0 radical (unpaired) electrons. The highest BCUT2D eigenvalue weighted by molar-refractivity contribution is 7.92. The minimum Gasteiger partial charge on any atom is -0.476 e. The van der Waals surface area contributed by atoms with Crippen molar-refractivity contribution in [1.29, 1.82) is 0 Å². The molecule has 2 aromatic rings. The summed E-state index contributed by atoms with van der Waals surface area (Å²) in [6.45, 7) is 1.79. The molecule has 1 aliphatic heterocycles. The standard InChI is InChI=1S/C19H20N2O6S/c1-3-26-19(23)13-7-6-8-14(11-13)20-18(22)17-12-21(28(2,24)25)15-9-4-5-10-16(15)27-17/h4-11,17H,3,12H2,1-2H3,(H,20,22)/t17-/m0/s1. The number of sulfonamides is 1. The topological polar surface area (TPSA) is 102 Å². The second kappa shape index (κ2) is 7.89. The van der Waals surface area contributed by atoms with E-state index in [-0.39, 0.29) is 13.2 Å². The molecular formula is C19H20N2O6S. The van der Waals surface area contributed by atoms with E-state index in [1.165, 1.54) is 6.07 Å². The van der Waals surface area contributed by atoms with E-state index in [1.54, 1.807) is 49.4 Å². The van der Waals surface area contributed by atoms with Crippen LogP contribution in [0.2, 0.25) is 0 Å². The molecule has 1 atom stereocenters. The molecule has 0 bridgehead atoms. The smallest absolute Gasteiger partial charge is 0.338 e. The van der Waals surface area contributed by atoms with E-state index in [9.17, 15) is 18.0 Å². The monoisotopic (exact) mass is 404 g/mol. The highest BCUT2D eigenvalue weighted by atomic mass is 32.2. The van der Waals surface area contributed by atoms with Crippen LogP contribution in [0.3, 0.4) is 0 Å². The number of amides is 1. The first-order valence-corrected chi connectivity index (χ1v) is 10.5.